The van der Waals surface area contributed by atoms with Gasteiger partial charge in [0.05, 0.1) is 7.11 Å². The van der Waals surface area contributed by atoms with Crippen molar-refractivity contribution in [1.29, 1.82) is 0 Å². The zero-order chi connectivity index (χ0) is 14.7. The Bertz CT molecular complexity index is 690. The van der Waals surface area contributed by atoms with Gasteiger partial charge in [-0.1, -0.05) is 0 Å². The molecule has 0 unspecified atom stereocenters. The lowest BCUT2D eigenvalue weighted by molar-refractivity contribution is 0.0596. The van der Waals surface area contributed by atoms with Crippen molar-refractivity contribution in [3.05, 3.63) is 40.2 Å². The quantitative estimate of drug-likeness (QED) is 0.669. The Labute approximate surface area is 115 Å². The largest absolute Gasteiger partial charge is 0.492 e. The first-order valence-electron chi connectivity index (χ1n) is 6.06. The molecule has 20 heavy (non-hydrogen) atoms. The third kappa shape index (κ3) is 2.97. The highest BCUT2D eigenvalue weighted by Gasteiger charge is 2.14. The van der Waals surface area contributed by atoms with Crippen molar-refractivity contribution in [3.63, 3.8) is 0 Å². The average molecular weight is 277 g/mol. The van der Waals surface area contributed by atoms with Crippen molar-refractivity contribution in [2.24, 2.45) is 5.73 Å². The molecule has 1 aromatic heterocycles. The number of fused-ring (bicyclic) bond motifs is 1. The summed E-state index contributed by atoms with van der Waals surface area (Å²) in [7, 11) is 1.21. The molecule has 6 nitrogen and oxygen atoms in total. The van der Waals surface area contributed by atoms with E-state index in [4.69, 9.17) is 14.9 Å². The summed E-state index contributed by atoms with van der Waals surface area (Å²) in [4.78, 5) is 23.1. The number of hydrogen-bond donors (Lipinski definition) is 1. The molecule has 0 amide bonds. The van der Waals surface area contributed by atoms with Crippen molar-refractivity contribution in [1.82, 2.24) is 0 Å². The maximum Gasteiger partial charge on any atom is 0.351 e. The SMILES string of the molecule is COC(=O)c1cc2ccc(OC[C@H](C)N)cc2oc1=O. The first-order valence-corrected chi connectivity index (χ1v) is 6.06. The van der Waals surface area contributed by atoms with Crippen molar-refractivity contribution < 1.29 is 18.7 Å². The Balaban J connectivity index is 2.40. The second kappa shape index (κ2) is 5.75. The van der Waals surface area contributed by atoms with Crippen molar-refractivity contribution in [3.8, 4) is 5.75 Å². The molecule has 2 N–H and O–H groups in total. The van der Waals surface area contributed by atoms with Crippen LogP contribution in [0.15, 0.2) is 33.5 Å². The van der Waals surface area contributed by atoms with E-state index in [0.717, 1.165) is 0 Å². The first-order chi connectivity index (χ1) is 9.51. The van der Waals surface area contributed by atoms with Crippen LogP contribution < -0.4 is 16.1 Å². The van der Waals surface area contributed by atoms with Crippen LogP contribution in [0, 0.1) is 0 Å². The van der Waals surface area contributed by atoms with E-state index >= 15 is 0 Å². The van der Waals surface area contributed by atoms with Crippen molar-refractivity contribution in [2.45, 2.75) is 13.0 Å². The summed E-state index contributed by atoms with van der Waals surface area (Å²) >= 11 is 0. The van der Waals surface area contributed by atoms with Gasteiger partial charge in [0, 0.05) is 17.5 Å². The highest BCUT2D eigenvalue weighted by molar-refractivity contribution is 5.92. The fourth-order valence-corrected chi connectivity index (χ4v) is 1.66. The van der Waals surface area contributed by atoms with E-state index in [1.54, 1.807) is 18.2 Å². The van der Waals surface area contributed by atoms with Crippen LogP contribution in [0.4, 0.5) is 0 Å². The number of carbonyl (C=O) groups excluding carboxylic acids is 1. The average Bonchev–Trinajstić information content (AvgIpc) is 2.43. The van der Waals surface area contributed by atoms with Gasteiger partial charge in [-0.05, 0) is 25.1 Å². The molecule has 0 radical (unpaired) electrons. The predicted molar refractivity (Wildman–Crippen MR) is 73.0 cm³/mol. The molecule has 1 heterocycles. The van der Waals surface area contributed by atoms with Crippen LogP contribution in [0.25, 0.3) is 11.0 Å². The van der Waals surface area contributed by atoms with Gasteiger partial charge in [-0.2, -0.15) is 0 Å². The standard InChI is InChI=1S/C14H15NO5/c1-8(15)7-19-10-4-3-9-5-11(13(16)18-2)14(17)20-12(9)6-10/h3-6,8H,7,15H2,1-2H3/t8-/m0/s1. The molecule has 2 rings (SSSR count). The van der Waals surface area contributed by atoms with E-state index in [0.29, 0.717) is 23.3 Å². The van der Waals surface area contributed by atoms with Gasteiger partial charge in [0.1, 0.15) is 23.5 Å². The van der Waals surface area contributed by atoms with Gasteiger partial charge in [0.2, 0.25) is 0 Å². The highest BCUT2D eigenvalue weighted by Crippen LogP contribution is 2.20. The van der Waals surface area contributed by atoms with Gasteiger partial charge in [0.25, 0.3) is 0 Å². The molecule has 2 aromatic rings. The maximum atomic E-state index is 11.7. The lowest BCUT2D eigenvalue weighted by Gasteiger charge is -2.09. The molecule has 1 aromatic carbocycles. The Morgan fingerprint density at radius 1 is 1.40 bits per heavy atom. The Morgan fingerprint density at radius 3 is 2.80 bits per heavy atom. The molecule has 0 spiro atoms. The van der Waals surface area contributed by atoms with Crippen molar-refractivity contribution in [2.75, 3.05) is 13.7 Å². The van der Waals surface area contributed by atoms with Gasteiger partial charge < -0.3 is 19.6 Å². The summed E-state index contributed by atoms with van der Waals surface area (Å²) in [5.74, 6) is -0.179. The number of benzene rings is 1. The molecule has 0 aliphatic carbocycles. The molecular weight excluding hydrogens is 262 g/mol. The van der Waals surface area contributed by atoms with Crippen LogP contribution in [0.3, 0.4) is 0 Å². The topological polar surface area (TPSA) is 91.8 Å². The second-order valence-electron chi connectivity index (χ2n) is 4.43. The molecule has 6 heteroatoms. The van der Waals surface area contributed by atoms with E-state index in [1.807, 2.05) is 6.92 Å². The molecule has 0 saturated heterocycles. The minimum atomic E-state index is -0.742. The van der Waals surface area contributed by atoms with E-state index in [1.165, 1.54) is 13.2 Å². The summed E-state index contributed by atoms with van der Waals surface area (Å²) in [6.45, 7) is 2.18. The fraction of sp³-hybridized carbons (Fsp3) is 0.286. The minimum Gasteiger partial charge on any atom is -0.492 e. The number of methoxy groups -OCH3 is 1. The molecule has 0 fully saturated rings. The van der Waals surface area contributed by atoms with E-state index in [-0.39, 0.29) is 11.6 Å². The van der Waals surface area contributed by atoms with Gasteiger partial charge in [-0.3, -0.25) is 0 Å². The lowest BCUT2D eigenvalue weighted by atomic mass is 10.2. The molecule has 1 atom stereocenters. The van der Waals surface area contributed by atoms with E-state index < -0.39 is 11.6 Å². The van der Waals surface area contributed by atoms with Crippen molar-refractivity contribution >= 4 is 16.9 Å². The zero-order valence-corrected chi connectivity index (χ0v) is 11.2. The van der Waals surface area contributed by atoms with Crippen LogP contribution in [0.1, 0.15) is 17.3 Å². The van der Waals surface area contributed by atoms with E-state index in [9.17, 15) is 9.59 Å². The summed E-state index contributed by atoms with van der Waals surface area (Å²) in [6.07, 6.45) is 0. The monoisotopic (exact) mass is 277 g/mol. The smallest absolute Gasteiger partial charge is 0.351 e. The lowest BCUT2D eigenvalue weighted by Crippen LogP contribution is -2.23. The summed E-state index contributed by atoms with van der Waals surface area (Å²) < 4.78 is 15.0. The third-order valence-corrected chi connectivity index (χ3v) is 2.63. The molecule has 106 valence electrons. The van der Waals surface area contributed by atoms with Gasteiger partial charge >= 0.3 is 11.6 Å². The summed E-state index contributed by atoms with van der Waals surface area (Å²) in [6, 6.07) is 6.33. The van der Waals surface area contributed by atoms with Gasteiger partial charge in [-0.25, -0.2) is 9.59 Å². The summed E-state index contributed by atoms with van der Waals surface area (Å²) in [5, 5.41) is 0.609. The Morgan fingerprint density at radius 2 is 2.15 bits per heavy atom. The van der Waals surface area contributed by atoms with Crippen LogP contribution in [-0.2, 0) is 4.74 Å². The van der Waals surface area contributed by atoms with Gasteiger partial charge in [-0.15, -0.1) is 0 Å². The van der Waals surface area contributed by atoms with Crippen LogP contribution in [-0.4, -0.2) is 25.7 Å². The Hall–Kier alpha value is -2.34. The zero-order valence-electron chi connectivity index (χ0n) is 11.2. The first kappa shape index (κ1) is 14.1. The van der Waals surface area contributed by atoms with Crippen LogP contribution >= 0.6 is 0 Å². The number of ether oxygens (including phenoxy) is 2. The van der Waals surface area contributed by atoms with Crippen LogP contribution in [0.5, 0.6) is 5.75 Å². The molecule has 0 aliphatic heterocycles. The molecule has 0 aliphatic rings. The molecule has 0 saturated carbocycles. The van der Waals surface area contributed by atoms with Gasteiger partial charge in [0.15, 0.2) is 0 Å². The minimum absolute atomic E-state index is 0.0978. The molecular formula is C14H15NO5. The number of nitrogens with two attached hydrogens (primary N) is 1. The summed E-state index contributed by atoms with van der Waals surface area (Å²) in [5.41, 5.74) is 5.06. The molecule has 0 bridgehead atoms. The maximum absolute atomic E-state index is 11.7. The van der Waals surface area contributed by atoms with E-state index in [2.05, 4.69) is 4.74 Å². The Kier molecular flexibility index (Phi) is 4.05. The number of esters is 1. The normalized spacial score (nSPS) is 12.2. The second-order valence-corrected chi connectivity index (χ2v) is 4.43. The van der Waals surface area contributed by atoms with Crippen LogP contribution in [0.2, 0.25) is 0 Å². The number of carbonyl (C=O) groups is 1. The number of rotatable bonds is 4. The number of hydrogen-bond acceptors (Lipinski definition) is 6. The predicted octanol–water partition coefficient (Wildman–Crippen LogP) is 1.31. The highest BCUT2D eigenvalue weighted by atomic mass is 16.5. The third-order valence-electron chi connectivity index (χ3n) is 2.63. The fourth-order valence-electron chi connectivity index (χ4n) is 1.66.